The van der Waals surface area contributed by atoms with Gasteiger partial charge in [-0.25, -0.2) is 0 Å². The van der Waals surface area contributed by atoms with Gasteiger partial charge in [0.2, 0.25) is 0 Å². The average Bonchev–Trinajstić information content (AvgIpc) is 2.54. The van der Waals surface area contributed by atoms with Crippen molar-refractivity contribution in [2.24, 2.45) is 5.92 Å². The molecule has 1 aliphatic carbocycles. The zero-order valence-corrected chi connectivity index (χ0v) is 13.3. The number of hydrogen-bond donors (Lipinski definition) is 2. The predicted octanol–water partition coefficient (Wildman–Crippen LogP) is 5.22. The fraction of sp³-hybridized carbons (Fsp3) is 0.400. The van der Waals surface area contributed by atoms with Crippen molar-refractivity contribution in [1.29, 1.82) is 0 Å². The molecule has 2 aromatic carbocycles. The van der Waals surface area contributed by atoms with E-state index in [0.29, 0.717) is 11.5 Å². The summed E-state index contributed by atoms with van der Waals surface area (Å²) in [4.78, 5) is 0. The summed E-state index contributed by atoms with van der Waals surface area (Å²) in [6, 6.07) is 14.9. The summed E-state index contributed by atoms with van der Waals surface area (Å²) in [5.74, 6) is 1.62. The molecule has 22 heavy (non-hydrogen) atoms. The zero-order valence-electron chi connectivity index (χ0n) is 13.3. The van der Waals surface area contributed by atoms with Crippen LogP contribution in [-0.4, -0.2) is 10.2 Å². The van der Waals surface area contributed by atoms with Crippen LogP contribution in [0.1, 0.15) is 43.2 Å². The standard InChI is InChI=1S/C13H18O.C7H8O/c14-13-8-6-12(7-9-13)10-11-4-2-1-3-5-11;1-6-4-2-3-5-7(6)8/h6-9,11,14H,1-5,10H2;2-5,8H,1H3. The minimum absolute atomic E-state index is 0.368. The molecular weight excluding hydrogens is 272 g/mol. The molecule has 1 aliphatic rings. The van der Waals surface area contributed by atoms with Gasteiger partial charge >= 0.3 is 0 Å². The van der Waals surface area contributed by atoms with Crippen LogP contribution >= 0.6 is 0 Å². The Balaban J connectivity index is 0.000000188. The van der Waals surface area contributed by atoms with Crippen molar-refractivity contribution < 1.29 is 10.2 Å². The quantitative estimate of drug-likeness (QED) is 0.798. The van der Waals surface area contributed by atoms with Crippen LogP contribution in [0.2, 0.25) is 0 Å². The van der Waals surface area contributed by atoms with E-state index in [2.05, 4.69) is 0 Å². The van der Waals surface area contributed by atoms with Gasteiger partial charge in [0.05, 0.1) is 0 Å². The van der Waals surface area contributed by atoms with Crippen molar-refractivity contribution in [3.8, 4) is 11.5 Å². The average molecular weight is 298 g/mol. The molecular formula is C20H26O2. The summed E-state index contributed by atoms with van der Waals surface area (Å²) in [6.45, 7) is 1.87. The number of phenolic OH excluding ortho intramolecular Hbond substituents is 2. The van der Waals surface area contributed by atoms with E-state index < -0.39 is 0 Å². The normalized spacial score (nSPS) is 15.0. The third-order valence-corrected chi connectivity index (χ3v) is 4.30. The van der Waals surface area contributed by atoms with Gasteiger partial charge in [0.1, 0.15) is 11.5 Å². The van der Waals surface area contributed by atoms with Gasteiger partial charge in [-0.2, -0.15) is 0 Å². The van der Waals surface area contributed by atoms with Gasteiger partial charge in [0.25, 0.3) is 0 Å². The summed E-state index contributed by atoms with van der Waals surface area (Å²) in [5, 5.41) is 18.1. The molecule has 2 aromatic rings. The van der Waals surface area contributed by atoms with Crippen LogP contribution < -0.4 is 0 Å². The summed E-state index contributed by atoms with van der Waals surface area (Å²) < 4.78 is 0. The van der Waals surface area contributed by atoms with Crippen LogP contribution in [0, 0.1) is 12.8 Å². The monoisotopic (exact) mass is 298 g/mol. The minimum atomic E-state index is 0.368. The smallest absolute Gasteiger partial charge is 0.118 e. The Kier molecular flexibility index (Phi) is 6.32. The Hall–Kier alpha value is -1.96. The SMILES string of the molecule is Cc1ccccc1O.Oc1ccc(CC2CCCCC2)cc1. The second kappa shape index (κ2) is 8.47. The van der Waals surface area contributed by atoms with Gasteiger partial charge in [-0.1, -0.05) is 62.4 Å². The third-order valence-electron chi connectivity index (χ3n) is 4.30. The third kappa shape index (κ3) is 5.44. The molecule has 0 saturated heterocycles. The van der Waals surface area contributed by atoms with Gasteiger partial charge in [-0.3, -0.25) is 0 Å². The van der Waals surface area contributed by atoms with E-state index in [0.717, 1.165) is 11.5 Å². The van der Waals surface area contributed by atoms with Crippen LogP contribution in [0.5, 0.6) is 11.5 Å². The molecule has 1 saturated carbocycles. The fourth-order valence-electron chi connectivity index (χ4n) is 2.92. The molecule has 0 amide bonds. The highest BCUT2D eigenvalue weighted by Crippen LogP contribution is 2.27. The van der Waals surface area contributed by atoms with E-state index >= 15 is 0 Å². The lowest BCUT2D eigenvalue weighted by atomic mass is 9.85. The van der Waals surface area contributed by atoms with Crippen molar-refractivity contribution in [2.75, 3.05) is 0 Å². The Bertz CT molecular complexity index is 533. The first-order valence-corrected chi connectivity index (χ1v) is 8.17. The topological polar surface area (TPSA) is 40.5 Å². The summed E-state index contributed by atoms with van der Waals surface area (Å²) >= 11 is 0. The molecule has 0 radical (unpaired) electrons. The Labute approximate surface area is 133 Å². The summed E-state index contributed by atoms with van der Waals surface area (Å²) in [5.41, 5.74) is 2.29. The first kappa shape index (κ1) is 16.4. The second-order valence-electron chi connectivity index (χ2n) is 6.16. The molecule has 0 aromatic heterocycles. The molecule has 118 valence electrons. The Morgan fingerprint density at radius 3 is 2.05 bits per heavy atom. The highest BCUT2D eigenvalue weighted by molar-refractivity contribution is 5.29. The lowest BCUT2D eigenvalue weighted by molar-refractivity contribution is 0.356. The number of phenols is 2. The first-order valence-electron chi connectivity index (χ1n) is 8.17. The fourth-order valence-corrected chi connectivity index (χ4v) is 2.92. The highest BCUT2D eigenvalue weighted by atomic mass is 16.3. The number of rotatable bonds is 2. The largest absolute Gasteiger partial charge is 0.508 e. The van der Waals surface area contributed by atoms with E-state index in [1.807, 2.05) is 37.3 Å². The second-order valence-corrected chi connectivity index (χ2v) is 6.16. The molecule has 2 N–H and O–H groups in total. The molecule has 2 nitrogen and oxygen atoms in total. The van der Waals surface area contributed by atoms with Crippen molar-refractivity contribution >= 4 is 0 Å². The van der Waals surface area contributed by atoms with Gasteiger partial charge in [-0.15, -0.1) is 0 Å². The highest BCUT2D eigenvalue weighted by Gasteiger charge is 2.13. The number of benzene rings is 2. The molecule has 0 bridgehead atoms. The molecule has 0 heterocycles. The van der Waals surface area contributed by atoms with Crippen molar-refractivity contribution in [2.45, 2.75) is 45.4 Å². The van der Waals surface area contributed by atoms with E-state index in [4.69, 9.17) is 10.2 Å². The van der Waals surface area contributed by atoms with Gasteiger partial charge in [0.15, 0.2) is 0 Å². The molecule has 0 aliphatic heterocycles. The van der Waals surface area contributed by atoms with Crippen LogP contribution in [0.15, 0.2) is 48.5 Å². The molecule has 2 heteroatoms. The first-order chi connectivity index (χ1) is 10.6. The van der Waals surface area contributed by atoms with Gasteiger partial charge in [-0.05, 0) is 48.6 Å². The number of aryl methyl sites for hydroxylation is 1. The molecule has 3 rings (SSSR count). The minimum Gasteiger partial charge on any atom is -0.508 e. The Morgan fingerprint density at radius 1 is 0.864 bits per heavy atom. The number of aromatic hydroxyl groups is 2. The zero-order chi connectivity index (χ0) is 15.8. The van der Waals surface area contributed by atoms with Crippen molar-refractivity contribution in [3.63, 3.8) is 0 Å². The van der Waals surface area contributed by atoms with Crippen LogP contribution in [0.3, 0.4) is 0 Å². The van der Waals surface area contributed by atoms with E-state index in [1.165, 1.54) is 44.1 Å². The predicted molar refractivity (Wildman–Crippen MR) is 91.2 cm³/mol. The summed E-state index contributed by atoms with van der Waals surface area (Å²) in [6.07, 6.45) is 8.21. The maximum atomic E-state index is 9.16. The van der Waals surface area contributed by atoms with Crippen LogP contribution in [-0.2, 0) is 6.42 Å². The maximum Gasteiger partial charge on any atom is 0.118 e. The van der Waals surface area contributed by atoms with Crippen LogP contribution in [0.25, 0.3) is 0 Å². The van der Waals surface area contributed by atoms with Crippen molar-refractivity contribution in [3.05, 3.63) is 59.7 Å². The lowest BCUT2D eigenvalue weighted by Gasteiger charge is -2.21. The van der Waals surface area contributed by atoms with E-state index in [9.17, 15) is 0 Å². The van der Waals surface area contributed by atoms with Gasteiger partial charge < -0.3 is 10.2 Å². The maximum absolute atomic E-state index is 9.16. The number of hydrogen-bond acceptors (Lipinski definition) is 2. The Morgan fingerprint density at radius 2 is 1.50 bits per heavy atom. The van der Waals surface area contributed by atoms with Gasteiger partial charge in [0, 0.05) is 0 Å². The molecule has 0 unspecified atom stereocenters. The molecule has 0 spiro atoms. The molecule has 1 fully saturated rings. The van der Waals surface area contributed by atoms with Crippen molar-refractivity contribution in [1.82, 2.24) is 0 Å². The van der Waals surface area contributed by atoms with E-state index in [1.54, 1.807) is 18.2 Å². The lowest BCUT2D eigenvalue weighted by Crippen LogP contribution is -2.08. The van der Waals surface area contributed by atoms with Crippen LogP contribution in [0.4, 0.5) is 0 Å². The number of para-hydroxylation sites is 1. The molecule has 0 atom stereocenters. The van der Waals surface area contributed by atoms with E-state index in [-0.39, 0.29) is 0 Å². The summed E-state index contributed by atoms with van der Waals surface area (Å²) in [7, 11) is 0.